The van der Waals surface area contributed by atoms with Crippen molar-refractivity contribution in [1.29, 1.82) is 0 Å². The molecule has 0 unspecified atom stereocenters. The molecule has 1 aromatic carbocycles. The van der Waals surface area contributed by atoms with E-state index in [1.165, 1.54) is 0 Å². The van der Waals surface area contributed by atoms with Crippen molar-refractivity contribution in [3.8, 4) is 0 Å². The van der Waals surface area contributed by atoms with E-state index in [0.717, 1.165) is 0 Å². The molecule has 2 amide bonds. The number of furan rings is 1. The number of nitrogens with one attached hydrogen (secondary N) is 1. The van der Waals surface area contributed by atoms with E-state index in [2.05, 4.69) is 5.32 Å². The number of carbonyl (C=O) groups is 2. The van der Waals surface area contributed by atoms with Crippen molar-refractivity contribution >= 4 is 23.4 Å². The molecule has 0 bridgehead atoms. The average molecular weight is 351 g/mol. The maximum atomic E-state index is 12.4. The molecule has 2 aromatic rings. The number of nitrogens with zero attached hydrogens (tertiary/aromatic N) is 1. The van der Waals surface area contributed by atoms with Crippen molar-refractivity contribution in [2.24, 2.45) is 0 Å². The molecule has 128 valence electrons. The van der Waals surface area contributed by atoms with Gasteiger partial charge < -0.3 is 19.4 Å². The van der Waals surface area contributed by atoms with E-state index in [1.54, 1.807) is 54.7 Å². The topological polar surface area (TPSA) is 71.8 Å². The first-order chi connectivity index (χ1) is 11.6. The van der Waals surface area contributed by atoms with Gasteiger partial charge in [-0.15, -0.1) is 0 Å². The number of hydrogen-bond donors (Lipinski definition) is 1. The van der Waals surface area contributed by atoms with E-state index in [4.69, 9.17) is 20.8 Å². The highest BCUT2D eigenvalue weighted by atomic mass is 35.5. The van der Waals surface area contributed by atoms with Crippen molar-refractivity contribution in [2.45, 2.75) is 6.54 Å². The van der Waals surface area contributed by atoms with Crippen molar-refractivity contribution in [1.82, 2.24) is 10.2 Å². The lowest BCUT2D eigenvalue weighted by Crippen LogP contribution is -2.41. The molecule has 0 saturated heterocycles. The summed E-state index contributed by atoms with van der Waals surface area (Å²) >= 11 is 5.98. The normalized spacial score (nSPS) is 10.4. The Morgan fingerprint density at radius 3 is 2.71 bits per heavy atom. The molecule has 0 fully saturated rings. The Hall–Kier alpha value is -2.31. The highest BCUT2D eigenvalue weighted by molar-refractivity contribution is 6.33. The zero-order valence-corrected chi connectivity index (χ0v) is 14.1. The molecule has 0 radical (unpaired) electrons. The molecule has 6 nitrogen and oxygen atoms in total. The Bertz CT molecular complexity index is 673. The first-order valence-electron chi connectivity index (χ1n) is 7.43. The SMILES string of the molecule is COCCN(Cc1ccco1)C(=O)CNC(=O)c1ccccc1Cl. The van der Waals surface area contributed by atoms with Crippen LogP contribution in [-0.4, -0.2) is 43.5 Å². The van der Waals surface area contributed by atoms with Gasteiger partial charge in [0, 0.05) is 13.7 Å². The fraction of sp³-hybridized carbons (Fsp3) is 0.294. The molecule has 7 heteroatoms. The molecule has 24 heavy (non-hydrogen) atoms. The van der Waals surface area contributed by atoms with Crippen molar-refractivity contribution in [3.63, 3.8) is 0 Å². The van der Waals surface area contributed by atoms with Crippen LogP contribution in [0.3, 0.4) is 0 Å². The van der Waals surface area contributed by atoms with Crippen LogP contribution in [0.2, 0.25) is 5.02 Å². The van der Waals surface area contributed by atoms with Gasteiger partial charge in [-0.2, -0.15) is 0 Å². The highest BCUT2D eigenvalue weighted by Crippen LogP contribution is 2.14. The predicted molar refractivity (Wildman–Crippen MR) is 89.8 cm³/mol. The third-order valence-electron chi connectivity index (χ3n) is 3.36. The van der Waals surface area contributed by atoms with Crippen LogP contribution in [0, 0.1) is 0 Å². The lowest BCUT2D eigenvalue weighted by molar-refractivity contribution is -0.131. The molecular weight excluding hydrogens is 332 g/mol. The Morgan fingerprint density at radius 2 is 2.04 bits per heavy atom. The number of hydrogen-bond acceptors (Lipinski definition) is 4. The maximum absolute atomic E-state index is 12.4. The maximum Gasteiger partial charge on any atom is 0.253 e. The Morgan fingerprint density at radius 1 is 1.25 bits per heavy atom. The Kier molecular flexibility index (Phi) is 6.84. The van der Waals surface area contributed by atoms with E-state index in [-0.39, 0.29) is 12.5 Å². The second-order valence-corrected chi connectivity index (χ2v) is 5.46. The zero-order valence-electron chi connectivity index (χ0n) is 13.3. The van der Waals surface area contributed by atoms with Crippen LogP contribution in [0.1, 0.15) is 16.1 Å². The third-order valence-corrected chi connectivity index (χ3v) is 3.69. The van der Waals surface area contributed by atoms with Crippen molar-refractivity contribution in [2.75, 3.05) is 26.8 Å². The summed E-state index contributed by atoms with van der Waals surface area (Å²) in [6.07, 6.45) is 1.55. The summed E-state index contributed by atoms with van der Waals surface area (Å²) in [7, 11) is 1.56. The largest absolute Gasteiger partial charge is 0.467 e. The molecule has 1 aromatic heterocycles. The summed E-state index contributed by atoms with van der Waals surface area (Å²) in [5.74, 6) is 0.0411. The molecule has 0 saturated carbocycles. The van der Waals surface area contributed by atoms with Crippen LogP contribution in [0.5, 0.6) is 0 Å². The van der Waals surface area contributed by atoms with Crippen molar-refractivity contribution < 1.29 is 18.7 Å². The van der Waals surface area contributed by atoms with Gasteiger partial charge in [-0.05, 0) is 24.3 Å². The number of methoxy groups -OCH3 is 1. The molecule has 0 aliphatic heterocycles. The third kappa shape index (κ3) is 5.11. The van der Waals surface area contributed by atoms with Gasteiger partial charge in [-0.25, -0.2) is 0 Å². The van der Waals surface area contributed by atoms with Crippen LogP contribution >= 0.6 is 11.6 Å². The van der Waals surface area contributed by atoms with Crippen molar-refractivity contribution in [3.05, 3.63) is 59.0 Å². The average Bonchev–Trinajstić information content (AvgIpc) is 3.09. The predicted octanol–water partition coefficient (Wildman–Crippen LogP) is 2.34. The van der Waals surface area contributed by atoms with Gasteiger partial charge in [0.1, 0.15) is 5.76 Å². The number of benzene rings is 1. The van der Waals surface area contributed by atoms with E-state index in [1.807, 2.05) is 0 Å². The molecule has 0 aliphatic carbocycles. The number of carbonyl (C=O) groups excluding carboxylic acids is 2. The fourth-order valence-corrected chi connectivity index (χ4v) is 2.31. The minimum Gasteiger partial charge on any atom is -0.467 e. The molecule has 0 aliphatic rings. The molecule has 2 rings (SSSR count). The van der Waals surface area contributed by atoms with Gasteiger partial charge in [0.2, 0.25) is 5.91 Å². The lowest BCUT2D eigenvalue weighted by Gasteiger charge is -2.21. The molecule has 0 spiro atoms. The van der Waals surface area contributed by atoms with Gasteiger partial charge in [-0.3, -0.25) is 9.59 Å². The molecule has 0 atom stereocenters. The number of ether oxygens (including phenoxy) is 1. The lowest BCUT2D eigenvalue weighted by atomic mass is 10.2. The second kappa shape index (κ2) is 9.10. The molecule has 1 heterocycles. The summed E-state index contributed by atoms with van der Waals surface area (Å²) in [6, 6.07) is 10.2. The monoisotopic (exact) mass is 350 g/mol. The standard InChI is InChI=1S/C17H19ClN2O4/c1-23-10-8-20(12-13-5-4-9-24-13)16(21)11-19-17(22)14-6-2-3-7-15(14)18/h2-7,9H,8,10-12H2,1H3,(H,19,22). The quantitative estimate of drug-likeness (QED) is 0.793. The van der Waals surface area contributed by atoms with Gasteiger partial charge in [0.15, 0.2) is 0 Å². The first kappa shape index (κ1) is 18.0. The summed E-state index contributed by atoms with van der Waals surface area (Å²) in [5.41, 5.74) is 0.335. The van der Waals surface area contributed by atoms with Crippen LogP contribution in [0.15, 0.2) is 47.1 Å². The molecule has 1 N–H and O–H groups in total. The van der Waals surface area contributed by atoms with Gasteiger partial charge in [-0.1, -0.05) is 23.7 Å². The number of halogens is 1. The minimum atomic E-state index is -0.390. The minimum absolute atomic E-state index is 0.130. The van der Waals surface area contributed by atoms with Crippen LogP contribution in [0.4, 0.5) is 0 Å². The number of rotatable bonds is 8. The van der Waals surface area contributed by atoms with Gasteiger partial charge in [0.05, 0.1) is 36.5 Å². The van der Waals surface area contributed by atoms with Gasteiger partial charge in [0.25, 0.3) is 5.91 Å². The Balaban J connectivity index is 1.94. The summed E-state index contributed by atoms with van der Waals surface area (Å²) in [6.45, 7) is 0.981. The fourth-order valence-electron chi connectivity index (χ4n) is 2.09. The summed E-state index contributed by atoms with van der Waals surface area (Å²) in [4.78, 5) is 26.1. The first-order valence-corrected chi connectivity index (χ1v) is 7.81. The van der Waals surface area contributed by atoms with Crippen LogP contribution in [0.25, 0.3) is 0 Å². The number of amides is 2. The van der Waals surface area contributed by atoms with Gasteiger partial charge >= 0.3 is 0 Å². The second-order valence-electron chi connectivity index (χ2n) is 5.05. The van der Waals surface area contributed by atoms with E-state index < -0.39 is 5.91 Å². The van der Waals surface area contributed by atoms with E-state index in [0.29, 0.717) is 36.0 Å². The highest BCUT2D eigenvalue weighted by Gasteiger charge is 2.17. The van der Waals surface area contributed by atoms with E-state index >= 15 is 0 Å². The summed E-state index contributed by atoms with van der Waals surface area (Å²) in [5, 5.41) is 2.93. The molecular formula is C17H19ClN2O4. The summed E-state index contributed by atoms with van der Waals surface area (Å²) < 4.78 is 10.3. The smallest absolute Gasteiger partial charge is 0.253 e. The Labute approximate surface area is 145 Å². The van der Waals surface area contributed by atoms with Crippen LogP contribution < -0.4 is 5.32 Å². The van der Waals surface area contributed by atoms with E-state index in [9.17, 15) is 9.59 Å². The zero-order chi connectivity index (χ0) is 17.4. The van der Waals surface area contributed by atoms with Crippen LogP contribution in [-0.2, 0) is 16.1 Å².